The molecule has 0 unspecified atom stereocenters. The molecule has 0 aliphatic heterocycles. The van der Waals surface area contributed by atoms with Crippen LogP contribution in [0.3, 0.4) is 0 Å². The molecule has 19 heavy (non-hydrogen) atoms. The van der Waals surface area contributed by atoms with Gasteiger partial charge in [-0.15, -0.1) is 0 Å². The van der Waals surface area contributed by atoms with E-state index in [4.69, 9.17) is 0 Å². The van der Waals surface area contributed by atoms with Crippen LogP contribution in [0.5, 0.6) is 0 Å². The summed E-state index contributed by atoms with van der Waals surface area (Å²) in [5.41, 5.74) is 0. The van der Waals surface area contributed by atoms with Crippen molar-refractivity contribution in [1.82, 2.24) is 5.32 Å². The van der Waals surface area contributed by atoms with Gasteiger partial charge in [0, 0.05) is 0 Å². The normalized spacial score (nSPS) is 11.4. The second-order valence-electron chi connectivity index (χ2n) is 6.47. The molecule has 0 heterocycles. The van der Waals surface area contributed by atoms with Crippen LogP contribution >= 0.6 is 0 Å². The van der Waals surface area contributed by atoms with Gasteiger partial charge in [0.25, 0.3) is 0 Å². The van der Waals surface area contributed by atoms with Gasteiger partial charge in [-0.1, -0.05) is 85.0 Å². The van der Waals surface area contributed by atoms with Crippen molar-refractivity contribution >= 4 is 0 Å². The van der Waals surface area contributed by atoms with Crippen molar-refractivity contribution in [3.05, 3.63) is 0 Å². The van der Waals surface area contributed by atoms with Crippen LogP contribution in [0, 0.1) is 5.92 Å². The highest BCUT2D eigenvalue weighted by molar-refractivity contribution is 4.52. The molecule has 0 aromatic carbocycles. The van der Waals surface area contributed by atoms with Gasteiger partial charge in [-0.05, 0) is 31.8 Å². The first-order valence-corrected chi connectivity index (χ1v) is 8.98. The highest BCUT2D eigenvalue weighted by Crippen LogP contribution is 2.09. The SMILES string of the molecule is CCCCCCCCCNCCCCCCC(C)C. The summed E-state index contributed by atoms with van der Waals surface area (Å²) in [6.07, 6.45) is 17.0. The first-order valence-electron chi connectivity index (χ1n) is 8.98. The highest BCUT2D eigenvalue weighted by Gasteiger charge is 1.95. The van der Waals surface area contributed by atoms with E-state index in [1.54, 1.807) is 0 Å². The first-order chi connectivity index (χ1) is 9.27. The molecule has 0 aromatic heterocycles. The average Bonchev–Trinajstić information content (AvgIpc) is 2.39. The van der Waals surface area contributed by atoms with E-state index in [2.05, 4.69) is 26.1 Å². The Morgan fingerprint density at radius 2 is 1.11 bits per heavy atom. The van der Waals surface area contributed by atoms with E-state index in [9.17, 15) is 0 Å². The second-order valence-corrected chi connectivity index (χ2v) is 6.47. The summed E-state index contributed by atoms with van der Waals surface area (Å²) >= 11 is 0. The molecule has 0 spiro atoms. The predicted octanol–water partition coefficient (Wildman–Crippen LogP) is 5.93. The lowest BCUT2D eigenvalue weighted by Crippen LogP contribution is -2.16. The number of unbranched alkanes of at least 4 members (excludes halogenated alkanes) is 9. The summed E-state index contributed by atoms with van der Waals surface area (Å²) in [4.78, 5) is 0. The van der Waals surface area contributed by atoms with E-state index in [0.29, 0.717) is 0 Å². The first kappa shape index (κ1) is 19.0. The van der Waals surface area contributed by atoms with Gasteiger partial charge in [0.2, 0.25) is 0 Å². The van der Waals surface area contributed by atoms with Gasteiger partial charge in [0.15, 0.2) is 0 Å². The minimum atomic E-state index is 0.885. The molecule has 0 saturated heterocycles. The zero-order valence-electron chi connectivity index (χ0n) is 14.0. The molecule has 0 aliphatic rings. The van der Waals surface area contributed by atoms with E-state index in [0.717, 1.165) is 5.92 Å². The lowest BCUT2D eigenvalue weighted by atomic mass is 10.0. The molecular weight excluding hydrogens is 230 g/mol. The molecule has 0 fully saturated rings. The molecule has 0 rings (SSSR count). The second kappa shape index (κ2) is 16.0. The number of nitrogens with one attached hydrogen (secondary N) is 1. The molecule has 0 aromatic rings. The molecule has 1 nitrogen and oxygen atoms in total. The molecule has 0 amide bonds. The van der Waals surface area contributed by atoms with E-state index >= 15 is 0 Å². The Kier molecular flexibility index (Phi) is 16.0. The van der Waals surface area contributed by atoms with Crippen molar-refractivity contribution in [3.63, 3.8) is 0 Å². The van der Waals surface area contributed by atoms with Crippen molar-refractivity contribution in [2.45, 2.75) is 97.8 Å². The van der Waals surface area contributed by atoms with E-state index in [-0.39, 0.29) is 0 Å². The third kappa shape index (κ3) is 18.0. The van der Waals surface area contributed by atoms with E-state index in [1.807, 2.05) is 0 Å². The summed E-state index contributed by atoms with van der Waals surface area (Å²) in [6, 6.07) is 0. The Balaban J connectivity index is 2.91. The number of hydrogen-bond donors (Lipinski definition) is 1. The average molecular weight is 270 g/mol. The van der Waals surface area contributed by atoms with Gasteiger partial charge >= 0.3 is 0 Å². The molecule has 0 aliphatic carbocycles. The summed E-state index contributed by atoms with van der Waals surface area (Å²) in [7, 11) is 0. The van der Waals surface area contributed by atoms with Crippen LogP contribution in [0.15, 0.2) is 0 Å². The smallest absolute Gasteiger partial charge is 0.00489 e. The molecule has 1 N–H and O–H groups in total. The Morgan fingerprint density at radius 3 is 1.63 bits per heavy atom. The van der Waals surface area contributed by atoms with Crippen LogP contribution in [0.25, 0.3) is 0 Å². The molecule has 0 radical (unpaired) electrons. The Labute approximate surface area is 122 Å². The van der Waals surface area contributed by atoms with Crippen molar-refractivity contribution in [1.29, 1.82) is 0 Å². The van der Waals surface area contributed by atoms with Gasteiger partial charge in [-0.2, -0.15) is 0 Å². The van der Waals surface area contributed by atoms with Crippen LogP contribution in [0.1, 0.15) is 97.8 Å². The Morgan fingerprint density at radius 1 is 0.632 bits per heavy atom. The lowest BCUT2D eigenvalue weighted by Gasteiger charge is -2.06. The van der Waals surface area contributed by atoms with Crippen LogP contribution in [0.4, 0.5) is 0 Å². The Hall–Kier alpha value is -0.0400. The van der Waals surface area contributed by atoms with Crippen LogP contribution < -0.4 is 5.32 Å². The van der Waals surface area contributed by atoms with Crippen molar-refractivity contribution in [2.75, 3.05) is 13.1 Å². The van der Waals surface area contributed by atoms with E-state index in [1.165, 1.54) is 90.1 Å². The van der Waals surface area contributed by atoms with Crippen molar-refractivity contribution in [2.24, 2.45) is 5.92 Å². The van der Waals surface area contributed by atoms with E-state index < -0.39 is 0 Å². The molecule has 116 valence electrons. The van der Waals surface area contributed by atoms with Crippen LogP contribution in [-0.2, 0) is 0 Å². The van der Waals surface area contributed by atoms with Crippen LogP contribution in [0.2, 0.25) is 0 Å². The fraction of sp³-hybridized carbons (Fsp3) is 1.00. The molecule has 1 heteroatoms. The molecular formula is C18H39N. The third-order valence-corrected chi connectivity index (χ3v) is 3.84. The minimum absolute atomic E-state index is 0.885. The van der Waals surface area contributed by atoms with Gasteiger partial charge in [-0.25, -0.2) is 0 Å². The molecule has 0 bridgehead atoms. The maximum absolute atomic E-state index is 3.59. The summed E-state index contributed by atoms with van der Waals surface area (Å²) in [5.74, 6) is 0.885. The molecule has 0 saturated carbocycles. The maximum Gasteiger partial charge on any atom is -0.00489 e. The quantitative estimate of drug-likeness (QED) is 0.363. The highest BCUT2D eigenvalue weighted by atomic mass is 14.8. The standard InChI is InChI=1S/C18H39N/c1-4-5-6-7-8-10-13-16-19-17-14-11-9-12-15-18(2)3/h18-19H,4-17H2,1-3H3. The van der Waals surface area contributed by atoms with Gasteiger partial charge in [0.05, 0.1) is 0 Å². The fourth-order valence-corrected chi connectivity index (χ4v) is 2.49. The zero-order chi connectivity index (χ0) is 14.2. The zero-order valence-corrected chi connectivity index (χ0v) is 14.0. The molecule has 0 atom stereocenters. The number of hydrogen-bond acceptors (Lipinski definition) is 1. The fourth-order valence-electron chi connectivity index (χ4n) is 2.49. The minimum Gasteiger partial charge on any atom is -0.317 e. The van der Waals surface area contributed by atoms with Gasteiger partial charge in [-0.3, -0.25) is 0 Å². The monoisotopic (exact) mass is 269 g/mol. The predicted molar refractivity (Wildman–Crippen MR) is 88.8 cm³/mol. The van der Waals surface area contributed by atoms with Gasteiger partial charge in [0.1, 0.15) is 0 Å². The number of rotatable bonds is 15. The summed E-state index contributed by atoms with van der Waals surface area (Å²) < 4.78 is 0. The van der Waals surface area contributed by atoms with Crippen molar-refractivity contribution in [3.8, 4) is 0 Å². The van der Waals surface area contributed by atoms with Crippen LogP contribution in [-0.4, -0.2) is 13.1 Å². The summed E-state index contributed by atoms with van der Waals surface area (Å²) in [6.45, 7) is 9.40. The lowest BCUT2D eigenvalue weighted by molar-refractivity contribution is 0.507. The Bertz CT molecular complexity index is 154. The van der Waals surface area contributed by atoms with Crippen molar-refractivity contribution < 1.29 is 0 Å². The topological polar surface area (TPSA) is 12.0 Å². The maximum atomic E-state index is 3.59. The summed E-state index contributed by atoms with van der Waals surface area (Å²) in [5, 5.41) is 3.59. The third-order valence-electron chi connectivity index (χ3n) is 3.84. The largest absolute Gasteiger partial charge is 0.317 e. The van der Waals surface area contributed by atoms with Gasteiger partial charge < -0.3 is 5.32 Å².